The van der Waals surface area contributed by atoms with Gasteiger partial charge in [0.2, 0.25) is 0 Å². The van der Waals surface area contributed by atoms with Crippen LogP contribution in [-0.2, 0) is 14.3 Å². The monoisotopic (exact) mass is 189 g/mol. The molecule has 1 N–H and O–H groups in total. The number of hydrogen-bond acceptors (Lipinski definition) is 4. The Morgan fingerprint density at radius 1 is 1.46 bits per heavy atom. The number of hydrogen-bond donors (Lipinski definition) is 1. The van der Waals surface area contributed by atoms with E-state index in [1.165, 1.54) is 7.11 Å². The Hall–Kier alpha value is -0.610. The number of rotatable bonds is 5. The topological polar surface area (TPSA) is 47.6 Å². The highest BCUT2D eigenvalue weighted by atomic mass is 16.5. The Kier molecular flexibility index (Phi) is 4.95. The maximum absolute atomic E-state index is 11.2. The number of methoxy groups -OCH3 is 2. The van der Waals surface area contributed by atoms with Gasteiger partial charge in [0.25, 0.3) is 0 Å². The summed E-state index contributed by atoms with van der Waals surface area (Å²) in [6.07, 6.45) is 0. The summed E-state index contributed by atoms with van der Waals surface area (Å²) in [4.78, 5) is 11.2. The van der Waals surface area contributed by atoms with E-state index in [4.69, 9.17) is 4.74 Å². The van der Waals surface area contributed by atoms with Crippen LogP contribution >= 0.6 is 0 Å². The van der Waals surface area contributed by atoms with Crippen molar-refractivity contribution in [1.82, 2.24) is 5.32 Å². The molecule has 0 bridgehead atoms. The summed E-state index contributed by atoms with van der Waals surface area (Å²) in [5.74, 6) is -0.268. The molecular weight excluding hydrogens is 170 g/mol. The van der Waals surface area contributed by atoms with Gasteiger partial charge in [-0.1, -0.05) is 0 Å². The SMILES string of the molecule is COCC(C)NC(C)(C)C(=O)OC. The number of esters is 1. The molecule has 0 rings (SSSR count). The van der Waals surface area contributed by atoms with Gasteiger partial charge in [0, 0.05) is 13.2 Å². The van der Waals surface area contributed by atoms with Crippen LogP contribution in [0, 0.1) is 0 Å². The molecule has 0 aliphatic heterocycles. The van der Waals surface area contributed by atoms with E-state index in [0.29, 0.717) is 6.61 Å². The molecule has 4 heteroatoms. The van der Waals surface area contributed by atoms with Crippen molar-refractivity contribution < 1.29 is 14.3 Å². The van der Waals surface area contributed by atoms with Gasteiger partial charge in [0.15, 0.2) is 0 Å². The van der Waals surface area contributed by atoms with E-state index in [2.05, 4.69) is 10.1 Å². The standard InChI is InChI=1S/C9H19NO3/c1-7(6-12-4)10-9(2,3)8(11)13-5/h7,10H,6H2,1-5H3. The Bertz CT molecular complexity index is 168. The van der Waals surface area contributed by atoms with E-state index >= 15 is 0 Å². The molecule has 0 aromatic carbocycles. The second kappa shape index (κ2) is 5.19. The number of nitrogens with one attached hydrogen (secondary N) is 1. The third kappa shape index (κ3) is 4.24. The summed E-state index contributed by atoms with van der Waals surface area (Å²) in [6, 6.07) is 0.124. The fourth-order valence-corrected chi connectivity index (χ4v) is 1.22. The van der Waals surface area contributed by atoms with Crippen molar-refractivity contribution in [2.45, 2.75) is 32.4 Å². The highest BCUT2D eigenvalue weighted by molar-refractivity contribution is 5.79. The molecule has 0 aromatic rings. The third-order valence-corrected chi connectivity index (χ3v) is 1.72. The van der Waals surface area contributed by atoms with Crippen molar-refractivity contribution >= 4 is 5.97 Å². The molecule has 4 nitrogen and oxygen atoms in total. The van der Waals surface area contributed by atoms with Crippen LogP contribution in [0.15, 0.2) is 0 Å². The second-order valence-electron chi connectivity index (χ2n) is 3.62. The summed E-state index contributed by atoms with van der Waals surface area (Å²) in [7, 11) is 3.01. The Morgan fingerprint density at radius 3 is 2.38 bits per heavy atom. The molecule has 78 valence electrons. The fourth-order valence-electron chi connectivity index (χ4n) is 1.22. The van der Waals surface area contributed by atoms with Gasteiger partial charge in [0.1, 0.15) is 5.54 Å². The normalized spacial score (nSPS) is 13.9. The molecule has 0 aliphatic carbocycles. The summed E-state index contributed by atoms with van der Waals surface area (Å²) < 4.78 is 9.60. The van der Waals surface area contributed by atoms with Gasteiger partial charge in [-0.3, -0.25) is 10.1 Å². The highest BCUT2D eigenvalue weighted by Crippen LogP contribution is 2.05. The van der Waals surface area contributed by atoms with Gasteiger partial charge >= 0.3 is 5.97 Å². The zero-order chi connectivity index (χ0) is 10.5. The molecular formula is C9H19NO3. The van der Waals surface area contributed by atoms with Gasteiger partial charge in [0.05, 0.1) is 13.7 Å². The largest absolute Gasteiger partial charge is 0.468 e. The van der Waals surface area contributed by atoms with Crippen LogP contribution in [0.5, 0.6) is 0 Å². The zero-order valence-corrected chi connectivity index (χ0v) is 9.01. The van der Waals surface area contributed by atoms with Crippen molar-refractivity contribution in [1.29, 1.82) is 0 Å². The Balaban J connectivity index is 4.07. The van der Waals surface area contributed by atoms with Gasteiger partial charge in [-0.2, -0.15) is 0 Å². The quantitative estimate of drug-likeness (QED) is 0.642. The maximum atomic E-state index is 11.2. The first-order valence-corrected chi connectivity index (χ1v) is 4.29. The highest BCUT2D eigenvalue weighted by Gasteiger charge is 2.29. The van der Waals surface area contributed by atoms with E-state index in [1.54, 1.807) is 21.0 Å². The molecule has 1 atom stereocenters. The first-order valence-electron chi connectivity index (χ1n) is 4.29. The summed E-state index contributed by atoms with van der Waals surface area (Å²) in [6.45, 7) is 6.09. The van der Waals surface area contributed by atoms with Crippen molar-refractivity contribution in [3.8, 4) is 0 Å². The molecule has 1 unspecified atom stereocenters. The summed E-state index contributed by atoms with van der Waals surface area (Å²) in [5.41, 5.74) is -0.660. The van der Waals surface area contributed by atoms with Crippen LogP contribution < -0.4 is 5.32 Å². The average molecular weight is 189 g/mol. The maximum Gasteiger partial charge on any atom is 0.325 e. The minimum Gasteiger partial charge on any atom is -0.468 e. The van der Waals surface area contributed by atoms with Crippen molar-refractivity contribution in [2.24, 2.45) is 0 Å². The lowest BCUT2D eigenvalue weighted by Gasteiger charge is -2.27. The molecule has 0 aromatic heterocycles. The molecule has 13 heavy (non-hydrogen) atoms. The fraction of sp³-hybridized carbons (Fsp3) is 0.889. The Labute approximate surface area is 79.6 Å². The van der Waals surface area contributed by atoms with E-state index in [0.717, 1.165) is 0 Å². The van der Waals surface area contributed by atoms with Crippen LogP contribution in [0.25, 0.3) is 0 Å². The van der Waals surface area contributed by atoms with Gasteiger partial charge in [-0.05, 0) is 20.8 Å². The molecule has 0 saturated heterocycles. The minimum absolute atomic E-state index is 0.124. The van der Waals surface area contributed by atoms with E-state index < -0.39 is 5.54 Å². The van der Waals surface area contributed by atoms with Gasteiger partial charge < -0.3 is 9.47 Å². The van der Waals surface area contributed by atoms with Crippen LogP contribution in [0.1, 0.15) is 20.8 Å². The van der Waals surface area contributed by atoms with E-state index in [-0.39, 0.29) is 12.0 Å². The summed E-state index contributed by atoms with van der Waals surface area (Å²) in [5, 5.41) is 3.11. The van der Waals surface area contributed by atoms with E-state index in [9.17, 15) is 4.79 Å². The molecule has 0 fully saturated rings. The van der Waals surface area contributed by atoms with E-state index in [1.807, 2.05) is 6.92 Å². The van der Waals surface area contributed by atoms with Gasteiger partial charge in [-0.15, -0.1) is 0 Å². The first kappa shape index (κ1) is 12.4. The average Bonchev–Trinajstić information content (AvgIpc) is 2.02. The number of ether oxygens (including phenoxy) is 2. The van der Waals surface area contributed by atoms with Crippen molar-refractivity contribution in [3.63, 3.8) is 0 Å². The predicted molar refractivity (Wildman–Crippen MR) is 50.6 cm³/mol. The lowest BCUT2D eigenvalue weighted by molar-refractivity contribution is -0.147. The molecule has 0 radical (unpaired) electrons. The number of carbonyl (C=O) groups excluding carboxylic acids is 1. The van der Waals surface area contributed by atoms with Crippen LogP contribution in [0.3, 0.4) is 0 Å². The summed E-state index contributed by atoms with van der Waals surface area (Å²) >= 11 is 0. The third-order valence-electron chi connectivity index (χ3n) is 1.72. The molecule has 0 amide bonds. The first-order chi connectivity index (χ1) is 5.94. The predicted octanol–water partition coefficient (Wildman–Crippen LogP) is 0.562. The van der Waals surface area contributed by atoms with Crippen LogP contribution in [0.4, 0.5) is 0 Å². The molecule has 0 aliphatic rings. The van der Waals surface area contributed by atoms with Crippen molar-refractivity contribution in [3.05, 3.63) is 0 Å². The lowest BCUT2D eigenvalue weighted by Crippen LogP contribution is -2.52. The molecule has 0 saturated carbocycles. The molecule has 0 spiro atoms. The van der Waals surface area contributed by atoms with Gasteiger partial charge in [-0.25, -0.2) is 0 Å². The second-order valence-corrected chi connectivity index (χ2v) is 3.62. The molecule has 0 heterocycles. The number of carbonyl (C=O) groups is 1. The lowest BCUT2D eigenvalue weighted by atomic mass is 10.1. The minimum atomic E-state index is -0.660. The Morgan fingerprint density at radius 2 is 2.00 bits per heavy atom. The smallest absolute Gasteiger partial charge is 0.325 e. The zero-order valence-electron chi connectivity index (χ0n) is 9.01. The van der Waals surface area contributed by atoms with Crippen LogP contribution in [-0.4, -0.2) is 38.4 Å². The van der Waals surface area contributed by atoms with Crippen molar-refractivity contribution in [2.75, 3.05) is 20.8 Å². The van der Waals surface area contributed by atoms with Crippen LogP contribution in [0.2, 0.25) is 0 Å².